The number of pyridine rings is 1. The third-order valence-electron chi connectivity index (χ3n) is 2.02. The molecule has 1 aromatic carbocycles. The first kappa shape index (κ1) is 8.51. The zero-order chi connectivity index (χ0) is 9.42. The van der Waals surface area contributed by atoms with E-state index in [-0.39, 0.29) is 5.56 Å². The fraction of sp³-hybridized carbons (Fsp3) is 0.100. The average molecular weight is 238 g/mol. The van der Waals surface area contributed by atoms with Gasteiger partial charge < -0.3 is 4.98 Å². The summed E-state index contributed by atoms with van der Waals surface area (Å²) in [5, 5.41) is 1.04. The number of hydrogen-bond donors (Lipinski definition) is 1. The summed E-state index contributed by atoms with van der Waals surface area (Å²) < 4.78 is 1.00. The molecule has 1 aromatic heterocycles. The van der Waals surface area contributed by atoms with Crippen LogP contribution in [-0.2, 0) is 0 Å². The Morgan fingerprint density at radius 3 is 2.92 bits per heavy atom. The average Bonchev–Trinajstić information content (AvgIpc) is 2.09. The lowest BCUT2D eigenvalue weighted by molar-refractivity contribution is 1.23. The lowest BCUT2D eigenvalue weighted by Gasteiger charge is -2.00. The molecule has 1 heterocycles. The van der Waals surface area contributed by atoms with E-state index in [1.54, 1.807) is 6.92 Å². The molecule has 2 aromatic rings. The van der Waals surface area contributed by atoms with Gasteiger partial charge in [0, 0.05) is 20.9 Å². The standard InChI is InChI=1S/C10H8BrNO/c1-6-5-7-8(11)3-2-4-9(7)12-10(6)13/h2-5H,1H3,(H,12,13). The molecular weight excluding hydrogens is 230 g/mol. The molecule has 0 fully saturated rings. The molecule has 0 saturated carbocycles. The lowest BCUT2D eigenvalue weighted by Crippen LogP contribution is -2.08. The molecule has 0 unspecified atom stereocenters. The zero-order valence-electron chi connectivity index (χ0n) is 7.10. The first-order valence-corrected chi connectivity index (χ1v) is 4.76. The summed E-state index contributed by atoms with van der Waals surface area (Å²) in [5.41, 5.74) is 1.58. The van der Waals surface area contributed by atoms with E-state index in [0.717, 1.165) is 20.9 Å². The van der Waals surface area contributed by atoms with E-state index in [9.17, 15) is 4.79 Å². The summed E-state index contributed by atoms with van der Waals surface area (Å²) in [6.45, 7) is 1.80. The first-order chi connectivity index (χ1) is 6.18. The van der Waals surface area contributed by atoms with Gasteiger partial charge in [0.25, 0.3) is 5.56 Å². The molecule has 1 N–H and O–H groups in total. The van der Waals surface area contributed by atoms with Crippen molar-refractivity contribution in [1.82, 2.24) is 4.98 Å². The Hall–Kier alpha value is -1.09. The van der Waals surface area contributed by atoms with E-state index in [1.165, 1.54) is 0 Å². The van der Waals surface area contributed by atoms with Gasteiger partial charge >= 0.3 is 0 Å². The maximum atomic E-state index is 11.3. The molecule has 0 amide bonds. The van der Waals surface area contributed by atoms with E-state index in [4.69, 9.17) is 0 Å². The van der Waals surface area contributed by atoms with E-state index >= 15 is 0 Å². The maximum Gasteiger partial charge on any atom is 0.251 e. The van der Waals surface area contributed by atoms with Gasteiger partial charge in [-0.2, -0.15) is 0 Å². The maximum absolute atomic E-state index is 11.3. The highest BCUT2D eigenvalue weighted by molar-refractivity contribution is 9.10. The highest BCUT2D eigenvalue weighted by atomic mass is 79.9. The molecule has 0 aliphatic rings. The Balaban J connectivity index is 2.97. The van der Waals surface area contributed by atoms with Crippen molar-refractivity contribution in [2.45, 2.75) is 6.92 Å². The molecule has 0 aliphatic carbocycles. The van der Waals surface area contributed by atoms with Gasteiger partial charge in [-0.1, -0.05) is 22.0 Å². The van der Waals surface area contributed by atoms with Gasteiger partial charge in [0.1, 0.15) is 0 Å². The number of nitrogens with one attached hydrogen (secondary N) is 1. The van der Waals surface area contributed by atoms with Gasteiger partial charge in [0.15, 0.2) is 0 Å². The van der Waals surface area contributed by atoms with Crippen molar-refractivity contribution in [2.24, 2.45) is 0 Å². The van der Waals surface area contributed by atoms with Crippen LogP contribution in [0.1, 0.15) is 5.56 Å². The number of benzene rings is 1. The van der Waals surface area contributed by atoms with Crippen molar-refractivity contribution in [3.05, 3.63) is 44.7 Å². The van der Waals surface area contributed by atoms with Crippen LogP contribution in [0.5, 0.6) is 0 Å². The molecule has 0 bridgehead atoms. The molecule has 0 aliphatic heterocycles. The second kappa shape index (κ2) is 3.00. The van der Waals surface area contributed by atoms with Crippen LogP contribution in [0.2, 0.25) is 0 Å². The highest BCUT2D eigenvalue weighted by Gasteiger charge is 2.00. The minimum Gasteiger partial charge on any atom is -0.322 e. The molecule has 66 valence electrons. The normalized spacial score (nSPS) is 10.6. The molecule has 2 nitrogen and oxygen atoms in total. The number of aryl methyl sites for hydroxylation is 1. The van der Waals surface area contributed by atoms with Crippen molar-refractivity contribution < 1.29 is 0 Å². The summed E-state index contributed by atoms with van der Waals surface area (Å²) in [6, 6.07) is 7.64. The Kier molecular flexibility index (Phi) is 1.96. The van der Waals surface area contributed by atoms with Gasteiger partial charge in [0.05, 0.1) is 0 Å². The minimum atomic E-state index is -0.0226. The molecule has 2 rings (SSSR count). The van der Waals surface area contributed by atoms with E-state index in [2.05, 4.69) is 20.9 Å². The summed E-state index contributed by atoms with van der Waals surface area (Å²) in [6.07, 6.45) is 0. The largest absolute Gasteiger partial charge is 0.322 e. The SMILES string of the molecule is Cc1cc2c(Br)cccc2[nH]c1=O. The van der Waals surface area contributed by atoms with E-state index in [1.807, 2.05) is 24.3 Å². The fourth-order valence-corrected chi connectivity index (χ4v) is 1.78. The van der Waals surface area contributed by atoms with Crippen LogP contribution in [0.25, 0.3) is 10.9 Å². The number of H-pyrrole nitrogens is 1. The summed E-state index contributed by atoms with van der Waals surface area (Å²) >= 11 is 3.43. The monoisotopic (exact) mass is 237 g/mol. The van der Waals surface area contributed by atoms with Crippen LogP contribution in [0.15, 0.2) is 33.5 Å². The topological polar surface area (TPSA) is 32.9 Å². The van der Waals surface area contributed by atoms with Crippen LogP contribution >= 0.6 is 15.9 Å². The predicted molar refractivity (Wildman–Crippen MR) is 57.0 cm³/mol. The number of aromatic amines is 1. The summed E-state index contributed by atoms with van der Waals surface area (Å²) in [7, 11) is 0. The number of rotatable bonds is 0. The minimum absolute atomic E-state index is 0.0226. The van der Waals surface area contributed by atoms with Crippen LogP contribution < -0.4 is 5.56 Å². The third kappa shape index (κ3) is 1.40. The zero-order valence-corrected chi connectivity index (χ0v) is 8.68. The Morgan fingerprint density at radius 2 is 2.15 bits per heavy atom. The Labute approximate surface area is 83.7 Å². The van der Waals surface area contributed by atoms with Crippen molar-refractivity contribution in [3.8, 4) is 0 Å². The molecule has 0 spiro atoms. The quantitative estimate of drug-likeness (QED) is 0.751. The fourth-order valence-electron chi connectivity index (χ4n) is 1.30. The Morgan fingerprint density at radius 1 is 1.38 bits per heavy atom. The molecule has 0 radical (unpaired) electrons. The second-order valence-corrected chi connectivity index (χ2v) is 3.84. The van der Waals surface area contributed by atoms with Crippen LogP contribution in [0.4, 0.5) is 0 Å². The molecule has 3 heteroatoms. The summed E-state index contributed by atoms with van der Waals surface area (Å²) in [5.74, 6) is 0. The van der Waals surface area contributed by atoms with Gasteiger partial charge in [-0.15, -0.1) is 0 Å². The molecule has 0 atom stereocenters. The number of hydrogen-bond acceptors (Lipinski definition) is 1. The second-order valence-electron chi connectivity index (χ2n) is 2.98. The molecule has 0 saturated heterocycles. The Bertz CT molecular complexity index is 516. The van der Waals surface area contributed by atoms with Crippen LogP contribution in [0, 0.1) is 6.92 Å². The lowest BCUT2D eigenvalue weighted by atomic mass is 10.2. The van der Waals surface area contributed by atoms with Crippen molar-refractivity contribution in [2.75, 3.05) is 0 Å². The van der Waals surface area contributed by atoms with Gasteiger partial charge in [-0.25, -0.2) is 0 Å². The predicted octanol–water partition coefficient (Wildman–Crippen LogP) is 2.60. The molecular formula is C10H8BrNO. The van der Waals surface area contributed by atoms with Crippen molar-refractivity contribution >= 4 is 26.8 Å². The van der Waals surface area contributed by atoms with Gasteiger partial charge in [-0.3, -0.25) is 4.79 Å². The van der Waals surface area contributed by atoms with Gasteiger partial charge in [-0.05, 0) is 25.1 Å². The van der Waals surface area contributed by atoms with Crippen LogP contribution in [-0.4, -0.2) is 4.98 Å². The van der Waals surface area contributed by atoms with Crippen molar-refractivity contribution in [3.63, 3.8) is 0 Å². The van der Waals surface area contributed by atoms with Crippen LogP contribution in [0.3, 0.4) is 0 Å². The summed E-state index contributed by atoms with van der Waals surface area (Å²) in [4.78, 5) is 14.1. The van der Waals surface area contributed by atoms with Gasteiger partial charge in [0.2, 0.25) is 0 Å². The number of fused-ring (bicyclic) bond motifs is 1. The first-order valence-electron chi connectivity index (χ1n) is 3.96. The highest BCUT2D eigenvalue weighted by Crippen LogP contribution is 2.21. The van der Waals surface area contributed by atoms with E-state index < -0.39 is 0 Å². The van der Waals surface area contributed by atoms with Crippen molar-refractivity contribution in [1.29, 1.82) is 0 Å². The third-order valence-corrected chi connectivity index (χ3v) is 2.71. The van der Waals surface area contributed by atoms with E-state index in [0.29, 0.717) is 0 Å². The molecule has 13 heavy (non-hydrogen) atoms. The number of halogens is 1. The number of aromatic nitrogens is 1. The smallest absolute Gasteiger partial charge is 0.251 e.